The highest BCUT2D eigenvalue weighted by molar-refractivity contribution is 6.31. The van der Waals surface area contributed by atoms with Crippen LogP contribution in [0.1, 0.15) is 12.5 Å². The van der Waals surface area contributed by atoms with E-state index in [1.807, 2.05) is 0 Å². The molecule has 0 aliphatic carbocycles. The van der Waals surface area contributed by atoms with Crippen molar-refractivity contribution >= 4 is 40.8 Å². The average Bonchev–Trinajstić information content (AvgIpc) is 2.56. The van der Waals surface area contributed by atoms with Crippen LogP contribution in [0.4, 0.5) is 17.1 Å². The molecule has 1 atom stereocenters. The van der Waals surface area contributed by atoms with Gasteiger partial charge in [-0.25, -0.2) is 0 Å². The fourth-order valence-corrected chi connectivity index (χ4v) is 2.49. The van der Waals surface area contributed by atoms with E-state index in [1.54, 1.807) is 25.1 Å². The standard InChI is InChI=1S/C16H12ClN3O5/c1-8-16(22)19-12-6-11(2-3-14(12)25-8)18-7-9-4-10(17)5-13(15(9)21)20(23)24/h2-8,21H,1H3,(H,19,22)/t8-/m0/s1. The maximum Gasteiger partial charge on any atom is 0.312 e. The summed E-state index contributed by atoms with van der Waals surface area (Å²) in [6.07, 6.45) is 0.676. The molecule has 8 nitrogen and oxygen atoms in total. The third-order valence-electron chi connectivity index (χ3n) is 3.53. The summed E-state index contributed by atoms with van der Waals surface area (Å²) < 4.78 is 5.44. The fraction of sp³-hybridized carbons (Fsp3) is 0.125. The van der Waals surface area contributed by atoms with Gasteiger partial charge in [0.15, 0.2) is 6.10 Å². The topological polar surface area (TPSA) is 114 Å². The Balaban J connectivity index is 1.92. The molecule has 1 aliphatic rings. The van der Waals surface area contributed by atoms with Crippen LogP contribution < -0.4 is 10.1 Å². The predicted molar refractivity (Wildman–Crippen MR) is 92.2 cm³/mol. The number of benzene rings is 2. The normalized spacial score (nSPS) is 16.2. The summed E-state index contributed by atoms with van der Waals surface area (Å²) in [4.78, 5) is 26.0. The van der Waals surface area contributed by atoms with Gasteiger partial charge in [-0.15, -0.1) is 0 Å². The molecule has 2 aromatic carbocycles. The zero-order chi connectivity index (χ0) is 18.1. The van der Waals surface area contributed by atoms with Crippen LogP contribution in [0.5, 0.6) is 11.5 Å². The molecule has 0 bridgehead atoms. The first-order valence-corrected chi connectivity index (χ1v) is 7.55. The SMILES string of the molecule is C[C@@H]1Oc2ccc(N=Cc3cc(Cl)cc([N+](=O)[O-])c3O)cc2NC1=O. The molecule has 0 radical (unpaired) electrons. The van der Waals surface area contributed by atoms with Gasteiger partial charge in [-0.2, -0.15) is 0 Å². The second-order valence-electron chi connectivity index (χ2n) is 5.31. The van der Waals surface area contributed by atoms with E-state index >= 15 is 0 Å². The summed E-state index contributed by atoms with van der Waals surface area (Å²) in [7, 11) is 0. The van der Waals surface area contributed by atoms with Crippen molar-refractivity contribution in [1.29, 1.82) is 0 Å². The number of carbonyl (C=O) groups is 1. The maximum atomic E-state index is 11.6. The van der Waals surface area contributed by atoms with Crippen molar-refractivity contribution in [2.24, 2.45) is 4.99 Å². The zero-order valence-electron chi connectivity index (χ0n) is 12.9. The first kappa shape index (κ1) is 16.7. The van der Waals surface area contributed by atoms with Crippen molar-refractivity contribution in [1.82, 2.24) is 0 Å². The molecule has 0 saturated carbocycles. The number of aliphatic imine (C=N–C) groups is 1. The number of nitrogens with one attached hydrogen (secondary N) is 1. The Morgan fingerprint density at radius 1 is 1.40 bits per heavy atom. The molecule has 2 N–H and O–H groups in total. The number of nitro groups is 1. The van der Waals surface area contributed by atoms with Crippen molar-refractivity contribution in [3.63, 3.8) is 0 Å². The minimum absolute atomic E-state index is 0.103. The molecule has 1 heterocycles. The monoisotopic (exact) mass is 361 g/mol. The van der Waals surface area contributed by atoms with Gasteiger partial charge >= 0.3 is 5.69 Å². The Labute approximate surface area is 146 Å². The first-order chi connectivity index (χ1) is 11.8. The molecule has 0 saturated heterocycles. The molecule has 9 heteroatoms. The van der Waals surface area contributed by atoms with Gasteiger partial charge in [0.25, 0.3) is 5.91 Å². The van der Waals surface area contributed by atoms with Crippen molar-refractivity contribution in [2.45, 2.75) is 13.0 Å². The first-order valence-electron chi connectivity index (χ1n) is 7.17. The van der Waals surface area contributed by atoms with Crippen LogP contribution in [0.25, 0.3) is 0 Å². The lowest BCUT2D eigenvalue weighted by Gasteiger charge is -2.23. The Hall–Kier alpha value is -3.13. The van der Waals surface area contributed by atoms with E-state index in [9.17, 15) is 20.0 Å². The number of halogens is 1. The number of rotatable bonds is 3. The minimum Gasteiger partial charge on any atom is -0.502 e. The Morgan fingerprint density at radius 2 is 2.16 bits per heavy atom. The average molecular weight is 362 g/mol. The highest BCUT2D eigenvalue weighted by Crippen LogP contribution is 2.35. The van der Waals surface area contributed by atoms with Crippen molar-refractivity contribution in [3.05, 3.63) is 51.0 Å². The van der Waals surface area contributed by atoms with Crippen LogP contribution in [0.2, 0.25) is 5.02 Å². The number of amides is 1. The zero-order valence-corrected chi connectivity index (χ0v) is 13.6. The largest absolute Gasteiger partial charge is 0.502 e. The molecular formula is C16H12ClN3O5. The van der Waals surface area contributed by atoms with Crippen LogP contribution in [-0.2, 0) is 4.79 Å². The van der Waals surface area contributed by atoms with Gasteiger partial charge in [0.05, 0.1) is 16.3 Å². The van der Waals surface area contributed by atoms with Gasteiger partial charge in [0.1, 0.15) is 5.75 Å². The number of carbonyl (C=O) groups excluding carboxylic acids is 1. The summed E-state index contributed by atoms with van der Waals surface area (Å²) in [5.74, 6) is -0.273. The lowest BCUT2D eigenvalue weighted by Crippen LogP contribution is -2.34. The number of anilines is 1. The van der Waals surface area contributed by atoms with Crippen LogP contribution in [0.15, 0.2) is 35.3 Å². The smallest absolute Gasteiger partial charge is 0.312 e. The predicted octanol–water partition coefficient (Wildman–Crippen LogP) is 3.42. The fourth-order valence-electron chi connectivity index (χ4n) is 2.26. The van der Waals surface area contributed by atoms with Crippen LogP contribution in [-0.4, -0.2) is 28.3 Å². The number of phenols is 1. The van der Waals surface area contributed by atoms with E-state index in [1.165, 1.54) is 12.3 Å². The van der Waals surface area contributed by atoms with Crippen LogP contribution >= 0.6 is 11.6 Å². The lowest BCUT2D eigenvalue weighted by molar-refractivity contribution is -0.385. The molecular weight excluding hydrogens is 350 g/mol. The van der Waals surface area contributed by atoms with Crippen molar-refractivity contribution in [3.8, 4) is 11.5 Å². The molecule has 0 unspecified atom stereocenters. The summed E-state index contributed by atoms with van der Waals surface area (Å²) in [5, 5.41) is 23.7. The maximum absolute atomic E-state index is 11.6. The number of fused-ring (bicyclic) bond motifs is 1. The molecule has 1 amide bonds. The van der Waals surface area contributed by atoms with Crippen LogP contribution in [0.3, 0.4) is 0 Å². The number of ether oxygens (including phenoxy) is 1. The quantitative estimate of drug-likeness (QED) is 0.494. The van der Waals surface area contributed by atoms with Crippen molar-refractivity contribution < 1.29 is 19.6 Å². The number of hydrogen-bond acceptors (Lipinski definition) is 6. The van der Waals surface area contributed by atoms with E-state index in [0.29, 0.717) is 17.1 Å². The summed E-state index contributed by atoms with van der Waals surface area (Å²) in [6.45, 7) is 1.64. The molecule has 0 aromatic heterocycles. The second-order valence-corrected chi connectivity index (χ2v) is 5.74. The molecule has 0 spiro atoms. The third-order valence-corrected chi connectivity index (χ3v) is 3.75. The van der Waals surface area contributed by atoms with E-state index in [2.05, 4.69) is 10.3 Å². The van der Waals surface area contributed by atoms with Gasteiger partial charge in [-0.3, -0.25) is 19.9 Å². The van der Waals surface area contributed by atoms with Gasteiger partial charge in [-0.1, -0.05) is 11.6 Å². The third kappa shape index (κ3) is 3.38. The highest BCUT2D eigenvalue weighted by atomic mass is 35.5. The molecule has 0 fully saturated rings. The van der Waals surface area contributed by atoms with E-state index < -0.39 is 22.5 Å². The number of nitrogens with zero attached hydrogens (tertiary/aromatic N) is 2. The van der Waals surface area contributed by atoms with Crippen LogP contribution in [0, 0.1) is 10.1 Å². The lowest BCUT2D eigenvalue weighted by atomic mass is 10.2. The second kappa shape index (κ2) is 6.40. The van der Waals surface area contributed by atoms with Crippen molar-refractivity contribution in [2.75, 3.05) is 5.32 Å². The minimum atomic E-state index is -0.731. The Kier molecular flexibility index (Phi) is 4.28. The molecule has 2 aromatic rings. The number of nitro benzene ring substituents is 1. The molecule has 1 aliphatic heterocycles. The summed E-state index contributed by atoms with van der Waals surface area (Å²) in [6, 6.07) is 7.30. The number of aromatic hydroxyl groups is 1. The Morgan fingerprint density at radius 3 is 2.88 bits per heavy atom. The molecule has 25 heavy (non-hydrogen) atoms. The number of phenolic OH excluding ortho intramolecular Hbond substituents is 1. The van der Waals surface area contributed by atoms with E-state index in [-0.39, 0.29) is 16.5 Å². The molecule has 3 rings (SSSR count). The van der Waals surface area contributed by atoms with Gasteiger partial charge < -0.3 is 15.2 Å². The van der Waals surface area contributed by atoms with Gasteiger partial charge in [-0.05, 0) is 31.2 Å². The van der Waals surface area contributed by atoms with Gasteiger partial charge in [0, 0.05) is 22.9 Å². The van der Waals surface area contributed by atoms with E-state index in [4.69, 9.17) is 16.3 Å². The summed E-state index contributed by atoms with van der Waals surface area (Å²) in [5.41, 5.74) is 0.526. The number of hydrogen-bond donors (Lipinski definition) is 2. The van der Waals surface area contributed by atoms with Gasteiger partial charge in [0.2, 0.25) is 5.75 Å². The summed E-state index contributed by atoms with van der Waals surface area (Å²) >= 11 is 5.83. The Bertz CT molecular complexity index is 913. The molecule has 128 valence electrons. The van der Waals surface area contributed by atoms with E-state index in [0.717, 1.165) is 6.07 Å². The highest BCUT2D eigenvalue weighted by Gasteiger charge is 2.23.